The lowest BCUT2D eigenvalue weighted by Crippen LogP contribution is -2.37. The molecule has 1 saturated carbocycles. The standard InChI is InChI=1S/C21H30F2N2O/c22-19-12-18(24)13-20(23)21(19)17-7-9-25(10-8-17)14-16-5-3-15(4-6-16)2-1-11-26/h11-13,15-17H,1-10,14,24H2. The van der Waals surface area contributed by atoms with E-state index in [0.29, 0.717) is 6.42 Å². The number of rotatable bonds is 6. The van der Waals surface area contributed by atoms with Crippen molar-refractivity contribution in [3.63, 3.8) is 0 Å². The molecule has 0 spiro atoms. The summed E-state index contributed by atoms with van der Waals surface area (Å²) in [6.07, 6.45) is 9.31. The van der Waals surface area contributed by atoms with Gasteiger partial charge in [0.25, 0.3) is 0 Å². The van der Waals surface area contributed by atoms with Crippen molar-refractivity contribution in [3.8, 4) is 0 Å². The molecule has 2 N–H and O–H groups in total. The van der Waals surface area contributed by atoms with Gasteiger partial charge in [-0.1, -0.05) is 12.8 Å². The Balaban J connectivity index is 1.46. The Hall–Kier alpha value is -1.49. The number of anilines is 1. The normalized spacial score (nSPS) is 25.3. The first-order valence-electron chi connectivity index (χ1n) is 9.97. The SMILES string of the molecule is Nc1cc(F)c(C2CCN(CC3CCC(CCC=O)CC3)CC2)c(F)c1. The second-order valence-electron chi connectivity index (χ2n) is 8.10. The zero-order valence-corrected chi connectivity index (χ0v) is 15.4. The van der Waals surface area contributed by atoms with Gasteiger partial charge >= 0.3 is 0 Å². The number of halogens is 2. The van der Waals surface area contributed by atoms with Gasteiger partial charge in [0.15, 0.2) is 0 Å². The van der Waals surface area contributed by atoms with Crippen molar-refractivity contribution >= 4 is 12.0 Å². The van der Waals surface area contributed by atoms with E-state index in [1.165, 1.54) is 37.8 Å². The lowest BCUT2D eigenvalue weighted by atomic mass is 9.79. The number of nitrogens with zero attached hydrogens (tertiary/aromatic N) is 1. The van der Waals surface area contributed by atoms with Gasteiger partial charge in [-0.25, -0.2) is 8.78 Å². The molecule has 5 heteroatoms. The van der Waals surface area contributed by atoms with Crippen LogP contribution in [0.4, 0.5) is 14.5 Å². The van der Waals surface area contributed by atoms with Gasteiger partial charge in [0.05, 0.1) is 0 Å². The molecular formula is C21H30F2N2O. The molecule has 0 bridgehead atoms. The summed E-state index contributed by atoms with van der Waals surface area (Å²) in [4.78, 5) is 13.0. The van der Waals surface area contributed by atoms with Crippen molar-refractivity contribution in [2.45, 2.75) is 57.3 Å². The molecule has 2 fully saturated rings. The third-order valence-electron chi connectivity index (χ3n) is 6.27. The van der Waals surface area contributed by atoms with Crippen LogP contribution in [0.15, 0.2) is 12.1 Å². The maximum absolute atomic E-state index is 14.1. The number of carbonyl (C=O) groups is 1. The third-order valence-corrected chi connectivity index (χ3v) is 6.27. The molecule has 1 heterocycles. The number of hydrogen-bond acceptors (Lipinski definition) is 3. The van der Waals surface area contributed by atoms with E-state index in [1.807, 2.05) is 0 Å². The molecule has 0 radical (unpaired) electrons. The molecule has 0 atom stereocenters. The number of hydrogen-bond donors (Lipinski definition) is 1. The van der Waals surface area contributed by atoms with Crippen LogP contribution in [0.5, 0.6) is 0 Å². The summed E-state index contributed by atoms with van der Waals surface area (Å²) in [5, 5.41) is 0. The summed E-state index contributed by atoms with van der Waals surface area (Å²) in [5.41, 5.74) is 5.88. The van der Waals surface area contributed by atoms with E-state index < -0.39 is 11.6 Å². The number of carbonyl (C=O) groups excluding carboxylic acids is 1. The average molecular weight is 364 g/mol. The van der Waals surface area contributed by atoms with Crippen molar-refractivity contribution in [3.05, 3.63) is 29.3 Å². The van der Waals surface area contributed by atoms with Gasteiger partial charge in [0, 0.05) is 24.2 Å². The highest BCUT2D eigenvalue weighted by molar-refractivity contribution is 5.49. The first kappa shape index (κ1) is 19.3. The van der Waals surface area contributed by atoms with Gasteiger partial charge in [-0.05, 0) is 75.1 Å². The first-order valence-corrected chi connectivity index (χ1v) is 9.97. The molecule has 1 aromatic carbocycles. The highest BCUT2D eigenvalue weighted by Crippen LogP contribution is 2.35. The van der Waals surface area contributed by atoms with Crippen LogP contribution in [0.25, 0.3) is 0 Å². The fourth-order valence-corrected chi connectivity index (χ4v) is 4.77. The summed E-state index contributed by atoms with van der Waals surface area (Å²) < 4.78 is 28.3. The van der Waals surface area contributed by atoms with Crippen molar-refractivity contribution in [2.75, 3.05) is 25.4 Å². The maximum atomic E-state index is 14.1. The molecule has 144 valence electrons. The predicted octanol–water partition coefficient (Wildman–Crippen LogP) is 4.51. The summed E-state index contributed by atoms with van der Waals surface area (Å²) in [5.74, 6) is 0.387. The van der Waals surface area contributed by atoms with E-state index in [2.05, 4.69) is 4.90 Å². The summed E-state index contributed by atoms with van der Waals surface area (Å²) >= 11 is 0. The minimum atomic E-state index is -0.505. The number of nitrogens with two attached hydrogens (primary N) is 1. The quantitative estimate of drug-likeness (QED) is 0.597. The van der Waals surface area contributed by atoms with Gasteiger partial charge in [-0.15, -0.1) is 0 Å². The zero-order valence-electron chi connectivity index (χ0n) is 15.4. The second-order valence-corrected chi connectivity index (χ2v) is 8.10. The monoisotopic (exact) mass is 364 g/mol. The van der Waals surface area contributed by atoms with E-state index in [0.717, 1.165) is 57.0 Å². The Morgan fingerprint density at radius 3 is 2.15 bits per heavy atom. The number of aldehydes is 1. The number of benzene rings is 1. The molecule has 0 aromatic heterocycles. The molecule has 0 amide bonds. The molecular weight excluding hydrogens is 334 g/mol. The third kappa shape index (κ3) is 4.81. The smallest absolute Gasteiger partial charge is 0.131 e. The van der Waals surface area contributed by atoms with E-state index in [1.54, 1.807) is 0 Å². The molecule has 1 saturated heterocycles. The van der Waals surface area contributed by atoms with Crippen LogP contribution in [0.3, 0.4) is 0 Å². The van der Waals surface area contributed by atoms with Gasteiger partial charge in [-0.2, -0.15) is 0 Å². The van der Waals surface area contributed by atoms with E-state index in [4.69, 9.17) is 5.73 Å². The van der Waals surface area contributed by atoms with Gasteiger partial charge in [-0.3, -0.25) is 0 Å². The van der Waals surface area contributed by atoms with Crippen LogP contribution in [-0.4, -0.2) is 30.8 Å². The van der Waals surface area contributed by atoms with E-state index in [-0.39, 0.29) is 17.2 Å². The topological polar surface area (TPSA) is 46.3 Å². The fraction of sp³-hybridized carbons (Fsp3) is 0.667. The second kappa shape index (κ2) is 8.94. The average Bonchev–Trinajstić information content (AvgIpc) is 2.62. The van der Waals surface area contributed by atoms with Crippen molar-refractivity contribution in [2.24, 2.45) is 11.8 Å². The largest absolute Gasteiger partial charge is 0.399 e. The fourth-order valence-electron chi connectivity index (χ4n) is 4.77. The Bertz CT molecular complexity index is 583. The van der Waals surface area contributed by atoms with E-state index >= 15 is 0 Å². The van der Waals surface area contributed by atoms with E-state index in [9.17, 15) is 13.6 Å². The van der Waals surface area contributed by atoms with Crippen LogP contribution >= 0.6 is 0 Å². The summed E-state index contributed by atoms with van der Waals surface area (Å²) in [7, 11) is 0. The van der Waals surface area contributed by atoms with Crippen LogP contribution in [0.1, 0.15) is 62.8 Å². The molecule has 2 aliphatic rings. The van der Waals surface area contributed by atoms with Crippen LogP contribution in [0.2, 0.25) is 0 Å². The Morgan fingerprint density at radius 2 is 1.58 bits per heavy atom. The van der Waals surface area contributed by atoms with Crippen molar-refractivity contribution in [1.82, 2.24) is 4.90 Å². The summed E-state index contributed by atoms with van der Waals surface area (Å²) in [6.45, 7) is 2.90. The molecule has 26 heavy (non-hydrogen) atoms. The Labute approximate surface area is 154 Å². The van der Waals surface area contributed by atoms with Gasteiger partial charge in [0.2, 0.25) is 0 Å². The highest BCUT2D eigenvalue weighted by atomic mass is 19.1. The van der Waals surface area contributed by atoms with Crippen LogP contribution in [-0.2, 0) is 4.79 Å². The number of nitrogen functional groups attached to an aromatic ring is 1. The minimum Gasteiger partial charge on any atom is -0.399 e. The number of likely N-dealkylation sites (tertiary alicyclic amines) is 1. The zero-order chi connectivity index (χ0) is 18.5. The predicted molar refractivity (Wildman–Crippen MR) is 99.9 cm³/mol. The maximum Gasteiger partial charge on any atom is 0.131 e. The summed E-state index contributed by atoms with van der Waals surface area (Å²) in [6, 6.07) is 2.46. The minimum absolute atomic E-state index is 0.0501. The molecule has 1 aromatic rings. The lowest BCUT2D eigenvalue weighted by Gasteiger charge is -2.37. The van der Waals surface area contributed by atoms with Gasteiger partial charge < -0.3 is 15.4 Å². The highest BCUT2D eigenvalue weighted by Gasteiger charge is 2.28. The lowest BCUT2D eigenvalue weighted by molar-refractivity contribution is -0.108. The van der Waals surface area contributed by atoms with Gasteiger partial charge in [0.1, 0.15) is 17.9 Å². The van der Waals surface area contributed by atoms with Crippen molar-refractivity contribution in [1.29, 1.82) is 0 Å². The Kier molecular flexibility index (Phi) is 6.63. The van der Waals surface area contributed by atoms with Crippen LogP contribution < -0.4 is 5.73 Å². The molecule has 3 rings (SSSR count). The molecule has 1 aliphatic heterocycles. The number of piperidine rings is 1. The van der Waals surface area contributed by atoms with Crippen LogP contribution in [0, 0.1) is 23.5 Å². The molecule has 0 unspecified atom stereocenters. The first-order chi connectivity index (χ1) is 12.6. The molecule has 1 aliphatic carbocycles. The molecule has 3 nitrogen and oxygen atoms in total. The van der Waals surface area contributed by atoms with Crippen molar-refractivity contribution < 1.29 is 13.6 Å². The Morgan fingerprint density at radius 1 is 1.00 bits per heavy atom.